The minimum Gasteiger partial charge on any atom is -0.488 e. The number of carbonyl (C=O) groups excluding carboxylic acids is 1. The van der Waals surface area contributed by atoms with Crippen LogP contribution in [0.3, 0.4) is 0 Å². The standard InChI is InChI=1S/C25H30N4O2/c1-18-9-8-14-29-21(23(26-24(18)29)25(30)28-12-6-3-7-13-28)17-27(2)16-20-15-19-10-4-5-11-22(19)31-20/h4-5,8-11,14,20H,3,6-7,12-13,15-17H2,1-2H3/t20-/m1/s1. The number of imidazole rings is 1. The van der Waals surface area contributed by atoms with Crippen LogP contribution in [0.15, 0.2) is 42.6 Å². The first-order valence-corrected chi connectivity index (χ1v) is 11.3. The monoisotopic (exact) mass is 418 g/mol. The van der Waals surface area contributed by atoms with E-state index in [-0.39, 0.29) is 12.0 Å². The van der Waals surface area contributed by atoms with Gasteiger partial charge in [0.05, 0.1) is 5.69 Å². The first-order valence-electron chi connectivity index (χ1n) is 11.3. The van der Waals surface area contributed by atoms with Crippen LogP contribution >= 0.6 is 0 Å². The molecule has 4 heterocycles. The van der Waals surface area contributed by atoms with Gasteiger partial charge in [-0.15, -0.1) is 0 Å². The maximum Gasteiger partial charge on any atom is 0.274 e. The van der Waals surface area contributed by atoms with Gasteiger partial charge in [-0.2, -0.15) is 0 Å². The summed E-state index contributed by atoms with van der Waals surface area (Å²) in [6.07, 6.45) is 6.43. The summed E-state index contributed by atoms with van der Waals surface area (Å²) in [5.41, 5.74) is 4.78. The van der Waals surface area contributed by atoms with Gasteiger partial charge >= 0.3 is 0 Å². The highest BCUT2D eigenvalue weighted by molar-refractivity contribution is 5.94. The van der Waals surface area contributed by atoms with Crippen molar-refractivity contribution in [2.24, 2.45) is 0 Å². The number of amides is 1. The molecule has 0 bridgehead atoms. The minimum atomic E-state index is 0.0655. The molecular formula is C25H30N4O2. The van der Waals surface area contributed by atoms with Crippen molar-refractivity contribution in [2.75, 3.05) is 26.7 Å². The second kappa shape index (κ2) is 8.35. The quantitative estimate of drug-likeness (QED) is 0.634. The summed E-state index contributed by atoms with van der Waals surface area (Å²) in [6, 6.07) is 12.3. The van der Waals surface area contributed by atoms with E-state index >= 15 is 0 Å². The molecule has 1 atom stereocenters. The van der Waals surface area contributed by atoms with E-state index in [1.165, 1.54) is 12.0 Å². The summed E-state index contributed by atoms with van der Waals surface area (Å²) in [4.78, 5) is 22.4. The van der Waals surface area contributed by atoms with Gasteiger partial charge in [-0.05, 0) is 56.5 Å². The maximum atomic E-state index is 13.4. The normalized spacial score (nSPS) is 18.4. The number of likely N-dealkylation sites (tertiary alicyclic amines) is 1. The third kappa shape index (κ3) is 3.92. The number of pyridine rings is 1. The Bertz CT molecular complexity index is 1080. The number of benzene rings is 1. The summed E-state index contributed by atoms with van der Waals surface area (Å²) in [6.45, 7) is 5.15. The number of para-hydroxylation sites is 1. The van der Waals surface area contributed by atoms with Gasteiger partial charge in [0.2, 0.25) is 0 Å². The summed E-state index contributed by atoms with van der Waals surface area (Å²) in [5.74, 6) is 1.06. The molecule has 1 aromatic carbocycles. The first kappa shape index (κ1) is 20.1. The number of aromatic nitrogens is 2. The Hall–Kier alpha value is -2.86. The van der Waals surface area contributed by atoms with Gasteiger partial charge < -0.3 is 14.0 Å². The number of fused-ring (bicyclic) bond motifs is 2. The van der Waals surface area contributed by atoms with Gasteiger partial charge in [0.15, 0.2) is 5.69 Å². The van der Waals surface area contributed by atoms with E-state index in [9.17, 15) is 4.79 Å². The Morgan fingerprint density at radius 2 is 1.97 bits per heavy atom. The molecule has 0 unspecified atom stereocenters. The molecule has 2 aliphatic rings. The molecule has 6 nitrogen and oxygen atoms in total. The fourth-order valence-electron chi connectivity index (χ4n) is 4.85. The average Bonchev–Trinajstić information content (AvgIpc) is 3.35. The van der Waals surface area contributed by atoms with Crippen molar-refractivity contribution in [2.45, 2.75) is 45.3 Å². The van der Waals surface area contributed by atoms with E-state index in [0.717, 1.165) is 61.6 Å². The van der Waals surface area contributed by atoms with Crippen molar-refractivity contribution >= 4 is 11.6 Å². The van der Waals surface area contributed by atoms with Crippen molar-refractivity contribution in [1.82, 2.24) is 19.2 Å². The predicted molar refractivity (Wildman–Crippen MR) is 121 cm³/mol. The number of aryl methyl sites for hydroxylation is 1. The van der Waals surface area contributed by atoms with Gasteiger partial charge in [0, 0.05) is 38.8 Å². The predicted octanol–water partition coefficient (Wildman–Crippen LogP) is 3.70. The molecule has 2 aromatic heterocycles. The number of piperidine rings is 1. The lowest BCUT2D eigenvalue weighted by Gasteiger charge is -2.27. The highest BCUT2D eigenvalue weighted by atomic mass is 16.5. The second-order valence-corrected chi connectivity index (χ2v) is 8.89. The highest BCUT2D eigenvalue weighted by Gasteiger charge is 2.28. The Morgan fingerprint density at radius 3 is 2.77 bits per heavy atom. The molecule has 31 heavy (non-hydrogen) atoms. The lowest BCUT2D eigenvalue weighted by atomic mass is 10.1. The molecule has 0 aliphatic carbocycles. The van der Waals surface area contributed by atoms with Crippen LogP contribution in [0.25, 0.3) is 5.65 Å². The fraction of sp³-hybridized carbons (Fsp3) is 0.440. The Kier molecular flexibility index (Phi) is 5.40. The van der Waals surface area contributed by atoms with Crippen molar-refractivity contribution < 1.29 is 9.53 Å². The van der Waals surface area contributed by atoms with Crippen molar-refractivity contribution in [1.29, 1.82) is 0 Å². The van der Waals surface area contributed by atoms with Crippen molar-refractivity contribution in [3.8, 4) is 5.75 Å². The van der Waals surface area contributed by atoms with E-state index in [4.69, 9.17) is 9.72 Å². The van der Waals surface area contributed by atoms with Gasteiger partial charge in [-0.25, -0.2) is 4.98 Å². The molecule has 0 saturated carbocycles. The van der Waals surface area contributed by atoms with E-state index in [1.807, 2.05) is 29.3 Å². The molecule has 1 amide bonds. The average molecular weight is 419 g/mol. The SMILES string of the molecule is Cc1cccn2c(CN(C)C[C@H]3Cc4ccccc4O3)c(C(=O)N3CCCCC3)nc12. The molecular weight excluding hydrogens is 388 g/mol. The van der Waals surface area contributed by atoms with Gasteiger partial charge in [0.25, 0.3) is 5.91 Å². The van der Waals surface area contributed by atoms with Crippen molar-refractivity contribution in [3.63, 3.8) is 0 Å². The van der Waals surface area contributed by atoms with E-state index in [0.29, 0.717) is 12.2 Å². The number of likely N-dealkylation sites (N-methyl/N-ethyl adjacent to an activating group) is 1. The van der Waals surface area contributed by atoms with Crippen LogP contribution < -0.4 is 4.74 Å². The van der Waals surface area contributed by atoms with Crippen molar-refractivity contribution in [3.05, 3.63) is 65.1 Å². The Morgan fingerprint density at radius 1 is 1.16 bits per heavy atom. The molecule has 0 radical (unpaired) electrons. The molecule has 2 aliphatic heterocycles. The van der Waals surface area contributed by atoms with E-state index in [2.05, 4.69) is 41.5 Å². The second-order valence-electron chi connectivity index (χ2n) is 8.89. The highest BCUT2D eigenvalue weighted by Crippen LogP contribution is 2.29. The van der Waals surface area contributed by atoms with Crippen LogP contribution in [0.4, 0.5) is 0 Å². The lowest BCUT2D eigenvalue weighted by molar-refractivity contribution is 0.0716. The van der Waals surface area contributed by atoms with Crippen LogP contribution in [0.2, 0.25) is 0 Å². The fourth-order valence-corrected chi connectivity index (χ4v) is 4.85. The smallest absolute Gasteiger partial charge is 0.274 e. The van der Waals surface area contributed by atoms with Crippen LogP contribution in [-0.2, 0) is 13.0 Å². The zero-order chi connectivity index (χ0) is 21.4. The number of rotatable bonds is 5. The number of ether oxygens (including phenoxy) is 1. The zero-order valence-corrected chi connectivity index (χ0v) is 18.4. The van der Waals surface area contributed by atoms with E-state index in [1.54, 1.807) is 0 Å². The molecule has 0 N–H and O–H groups in total. The first-order chi connectivity index (χ1) is 15.1. The third-order valence-electron chi connectivity index (χ3n) is 6.44. The van der Waals surface area contributed by atoms with Gasteiger partial charge in [0.1, 0.15) is 17.5 Å². The number of carbonyl (C=O) groups is 1. The van der Waals surface area contributed by atoms with Crippen LogP contribution in [0.1, 0.15) is 46.6 Å². The third-order valence-corrected chi connectivity index (χ3v) is 6.44. The summed E-state index contributed by atoms with van der Waals surface area (Å²) >= 11 is 0. The Balaban J connectivity index is 1.39. The number of hydrogen-bond acceptors (Lipinski definition) is 4. The molecule has 1 saturated heterocycles. The van der Waals surface area contributed by atoms with Gasteiger partial charge in [-0.3, -0.25) is 9.69 Å². The molecule has 5 rings (SSSR count). The maximum absolute atomic E-state index is 13.4. The molecule has 6 heteroatoms. The summed E-state index contributed by atoms with van der Waals surface area (Å²) < 4.78 is 8.23. The molecule has 162 valence electrons. The topological polar surface area (TPSA) is 50.1 Å². The minimum absolute atomic E-state index is 0.0655. The summed E-state index contributed by atoms with van der Waals surface area (Å²) in [7, 11) is 2.09. The molecule has 3 aromatic rings. The lowest BCUT2D eigenvalue weighted by Crippen LogP contribution is -2.37. The zero-order valence-electron chi connectivity index (χ0n) is 18.4. The van der Waals surface area contributed by atoms with Crippen LogP contribution in [0, 0.1) is 6.92 Å². The summed E-state index contributed by atoms with van der Waals surface area (Å²) in [5, 5.41) is 0. The molecule has 1 fully saturated rings. The molecule has 0 spiro atoms. The van der Waals surface area contributed by atoms with Crippen LogP contribution in [0.5, 0.6) is 5.75 Å². The Labute approximate surface area is 183 Å². The largest absolute Gasteiger partial charge is 0.488 e. The number of nitrogens with zero attached hydrogens (tertiary/aromatic N) is 4. The van der Waals surface area contributed by atoms with Crippen LogP contribution in [-0.4, -0.2) is 57.9 Å². The number of hydrogen-bond donors (Lipinski definition) is 0. The van der Waals surface area contributed by atoms with E-state index < -0.39 is 0 Å². The van der Waals surface area contributed by atoms with Gasteiger partial charge in [-0.1, -0.05) is 24.3 Å².